The zero-order valence-corrected chi connectivity index (χ0v) is 8.32. The highest BCUT2D eigenvalue weighted by molar-refractivity contribution is 5.94. The Balaban J connectivity index is 2.97. The molecule has 1 aromatic heterocycles. The molecule has 0 aliphatic rings. The van der Waals surface area contributed by atoms with Crippen molar-refractivity contribution in [2.75, 3.05) is 19.3 Å². The first-order chi connectivity index (χ1) is 6.56. The van der Waals surface area contributed by atoms with Gasteiger partial charge in [-0.1, -0.05) is 0 Å². The second kappa shape index (κ2) is 4.09. The van der Waals surface area contributed by atoms with Crippen LogP contribution in [0.25, 0.3) is 0 Å². The lowest BCUT2D eigenvalue weighted by molar-refractivity contribution is 0.0802. The summed E-state index contributed by atoms with van der Waals surface area (Å²) in [5.74, 6) is 0.146. The molecule has 0 aromatic carbocycles. The summed E-state index contributed by atoms with van der Waals surface area (Å²) in [6, 6.07) is 1.54. The smallest absolute Gasteiger partial charge is 0.255 e. The van der Waals surface area contributed by atoms with Crippen LogP contribution in [0.2, 0.25) is 0 Å². The number of nitrogens with zero attached hydrogens (tertiary/aromatic N) is 2. The van der Waals surface area contributed by atoms with E-state index in [4.69, 9.17) is 12.7 Å². The molecule has 0 fully saturated rings. The Hall–Kier alpha value is -1.58. The Labute approximate surface area is 83.7 Å². The summed E-state index contributed by atoms with van der Waals surface area (Å²) in [4.78, 5) is 17.0. The number of carbonyl (C=O) groups excluding carboxylic acids is 1. The van der Waals surface area contributed by atoms with E-state index in [1.165, 1.54) is 12.3 Å². The lowest BCUT2D eigenvalue weighted by atomic mass is 10.2. The minimum absolute atomic E-state index is 0.105. The molecule has 74 valence electrons. The van der Waals surface area contributed by atoms with Crippen LogP contribution >= 0.6 is 0 Å². The summed E-state index contributed by atoms with van der Waals surface area (Å²) >= 11 is 0. The SMILES string of the molecule is [CH]c1cc(C(=O)N(C)CC)cnc1N. The van der Waals surface area contributed by atoms with Gasteiger partial charge in [0.2, 0.25) is 0 Å². The standard InChI is InChI=1S/C10H13N3O/c1-4-13(3)10(14)8-5-7(2)9(11)12-6-8/h2,5-6H,4H2,1,3H3,(H2,11,12). The van der Waals surface area contributed by atoms with Gasteiger partial charge in [0.05, 0.1) is 5.56 Å². The molecule has 1 rings (SSSR count). The normalized spacial score (nSPS) is 9.93. The van der Waals surface area contributed by atoms with Crippen molar-refractivity contribution in [1.29, 1.82) is 0 Å². The van der Waals surface area contributed by atoms with E-state index in [2.05, 4.69) is 4.98 Å². The van der Waals surface area contributed by atoms with Gasteiger partial charge in [0.1, 0.15) is 5.82 Å². The molecule has 2 radical (unpaired) electrons. The zero-order chi connectivity index (χ0) is 10.7. The van der Waals surface area contributed by atoms with Crippen molar-refractivity contribution in [2.24, 2.45) is 0 Å². The first-order valence-electron chi connectivity index (χ1n) is 4.32. The fourth-order valence-electron chi connectivity index (χ4n) is 0.973. The van der Waals surface area contributed by atoms with Crippen molar-refractivity contribution >= 4 is 11.7 Å². The topological polar surface area (TPSA) is 59.2 Å². The Morgan fingerprint density at radius 2 is 2.36 bits per heavy atom. The Kier molecular flexibility index (Phi) is 3.06. The number of amides is 1. The second-order valence-corrected chi connectivity index (χ2v) is 3.02. The molecule has 4 heteroatoms. The fraction of sp³-hybridized carbons (Fsp3) is 0.300. The molecule has 0 saturated heterocycles. The maximum absolute atomic E-state index is 11.6. The molecule has 2 N–H and O–H groups in total. The van der Waals surface area contributed by atoms with Crippen LogP contribution in [-0.4, -0.2) is 29.4 Å². The van der Waals surface area contributed by atoms with Gasteiger partial charge in [-0.25, -0.2) is 4.98 Å². The van der Waals surface area contributed by atoms with Gasteiger partial charge in [0, 0.05) is 26.7 Å². The maximum atomic E-state index is 11.6. The third-order valence-corrected chi connectivity index (χ3v) is 2.02. The van der Waals surface area contributed by atoms with Crippen molar-refractivity contribution in [2.45, 2.75) is 6.92 Å². The van der Waals surface area contributed by atoms with Crippen LogP contribution in [0.4, 0.5) is 5.82 Å². The molecule has 0 spiro atoms. The largest absolute Gasteiger partial charge is 0.383 e. The van der Waals surface area contributed by atoms with Crippen LogP contribution in [-0.2, 0) is 0 Å². The summed E-state index contributed by atoms with van der Waals surface area (Å²) < 4.78 is 0. The molecule has 0 unspecified atom stereocenters. The van der Waals surface area contributed by atoms with Gasteiger partial charge in [-0.2, -0.15) is 0 Å². The predicted octanol–water partition coefficient (Wildman–Crippen LogP) is 0.815. The highest BCUT2D eigenvalue weighted by Gasteiger charge is 2.10. The van der Waals surface area contributed by atoms with E-state index in [0.29, 0.717) is 17.7 Å². The second-order valence-electron chi connectivity index (χ2n) is 3.02. The fourth-order valence-corrected chi connectivity index (χ4v) is 0.973. The van der Waals surface area contributed by atoms with Gasteiger partial charge >= 0.3 is 0 Å². The number of nitrogen functional groups attached to an aromatic ring is 1. The number of aromatic nitrogens is 1. The monoisotopic (exact) mass is 191 g/mol. The van der Waals surface area contributed by atoms with Crippen molar-refractivity contribution < 1.29 is 4.79 Å². The maximum Gasteiger partial charge on any atom is 0.255 e. The quantitative estimate of drug-likeness (QED) is 0.752. The van der Waals surface area contributed by atoms with Crippen LogP contribution in [0, 0.1) is 6.92 Å². The van der Waals surface area contributed by atoms with Crippen LogP contribution in [0.1, 0.15) is 22.8 Å². The highest BCUT2D eigenvalue weighted by atomic mass is 16.2. The summed E-state index contributed by atoms with van der Waals surface area (Å²) in [6.07, 6.45) is 1.43. The van der Waals surface area contributed by atoms with Crippen molar-refractivity contribution in [3.05, 3.63) is 30.3 Å². The van der Waals surface area contributed by atoms with E-state index in [9.17, 15) is 4.79 Å². The number of hydrogen-bond acceptors (Lipinski definition) is 3. The zero-order valence-electron chi connectivity index (χ0n) is 8.32. The number of anilines is 1. The molecule has 0 saturated carbocycles. The first-order valence-corrected chi connectivity index (χ1v) is 4.32. The third-order valence-electron chi connectivity index (χ3n) is 2.02. The lowest BCUT2D eigenvalue weighted by Crippen LogP contribution is -2.26. The van der Waals surface area contributed by atoms with Gasteiger partial charge in [0.25, 0.3) is 5.91 Å². The van der Waals surface area contributed by atoms with E-state index in [0.717, 1.165) is 0 Å². The molecule has 1 heterocycles. The molecule has 0 aliphatic heterocycles. The van der Waals surface area contributed by atoms with Gasteiger partial charge in [0.15, 0.2) is 0 Å². The number of nitrogens with two attached hydrogens (primary N) is 1. The average Bonchev–Trinajstić information content (AvgIpc) is 2.20. The molecule has 0 aliphatic carbocycles. The van der Waals surface area contributed by atoms with Gasteiger partial charge < -0.3 is 10.6 Å². The lowest BCUT2D eigenvalue weighted by Gasteiger charge is -2.14. The van der Waals surface area contributed by atoms with Crippen molar-refractivity contribution in [3.63, 3.8) is 0 Å². The van der Waals surface area contributed by atoms with E-state index in [-0.39, 0.29) is 11.7 Å². The molecular formula is C10H13N3O. The van der Waals surface area contributed by atoms with E-state index in [1.54, 1.807) is 11.9 Å². The number of carbonyl (C=O) groups is 1. The number of hydrogen-bond donors (Lipinski definition) is 1. The minimum Gasteiger partial charge on any atom is -0.383 e. The summed E-state index contributed by atoms with van der Waals surface area (Å²) in [5.41, 5.74) is 6.23. The molecule has 1 amide bonds. The van der Waals surface area contributed by atoms with Crippen molar-refractivity contribution in [3.8, 4) is 0 Å². The predicted molar refractivity (Wildman–Crippen MR) is 54.7 cm³/mol. The molecule has 14 heavy (non-hydrogen) atoms. The third kappa shape index (κ3) is 2.02. The molecular weight excluding hydrogens is 178 g/mol. The van der Waals surface area contributed by atoms with Crippen LogP contribution in [0.5, 0.6) is 0 Å². The molecule has 0 bridgehead atoms. The Morgan fingerprint density at radius 1 is 1.71 bits per heavy atom. The summed E-state index contributed by atoms with van der Waals surface area (Å²) in [7, 11) is 1.72. The summed E-state index contributed by atoms with van der Waals surface area (Å²) in [5, 5.41) is 0. The molecule has 1 aromatic rings. The molecule has 0 atom stereocenters. The first kappa shape index (κ1) is 10.5. The van der Waals surface area contributed by atoms with E-state index >= 15 is 0 Å². The van der Waals surface area contributed by atoms with Crippen LogP contribution in [0.15, 0.2) is 12.3 Å². The highest BCUT2D eigenvalue weighted by Crippen LogP contribution is 2.10. The summed E-state index contributed by atoms with van der Waals surface area (Å²) in [6.45, 7) is 8.08. The minimum atomic E-state index is -0.105. The van der Waals surface area contributed by atoms with Gasteiger partial charge in [-0.05, 0) is 18.6 Å². The Bertz CT molecular complexity index is 349. The van der Waals surface area contributed by atoms with Crippen molar-refractivity contribution in [1.82, 2.24) is 9.88 Å². The van der Waals surface area contributed by atoms with E-state index in [1.807, 2.05) is 6.92 Å². The Morgan fingerprint density at radius 3 is 2.86 bits per heavy atom. The number of rotatable bonds is 2. The molecule has 4 nitrogen and oxygen atoms in total. The average molecular weight is 191 g/mol. The van der Waals surface area contributed by atoms with Crippen LogP contribution in [0.3, 0.4) is 0 Å². The van der Waals surface area contributed by atoms with Gasteiger partial charge in [-0.15, -0.1) is 0 Å². The number of pyridine rings is 1. The van der Waals surface area contributed by atoms with Gasteiger partial charge in [-0.3, -0.25) is 4.79 Å². The van der Waals surface area contributed by atoms with E-state index < -0.39 is 0 Å². The van der Waals surface area contributed by atoms with Crippen LogP contribution < -0.4 is 5.73 Å².